The van der Waals surface area contributed by atoms with Crippen molar-refractivity contribution in [3.8, 4) is 0 Å². The van der Waals surface area contributed by atoms with Gasteiger partial charge in [-0.1, -0.05) is 20.8 Å². The van der Waals surface area contributed by atoms with Gasteiger partial charge in [0.25, 0.3) is 0 Å². The third-order valence-corrected chi connectivity index (χ3v) is 1.50. The molecular formula is C8H17N3. The van der Waals surface area contributed by atoms with E-state index >= 15 is 0 Å². The lowest BCUT2D eigenvalue weighted by molar-refractivity contribution is 0.265. The molecule has 0 saturated heterocycles. The Bertz CT molecular complexity index is 146. The summed E-state index contributed by atoms with van der Waals surface area (Å²) in [6.45, 7) is 9.58. The van der Waals surface area contributed by atoms with Crippen molar-refractivity contribution < 1.29 is 0 Å². The molecule has 0 unspecified atom stereocenters. The predicted molar refractivity (Wildman–Crippen MR) is 47.5 cm³/mol. The van der Waals surface area contributed by atoms with Crippen LogP contribution in [0.15, 0.2) is 4.99 Å². The summed E-state index contributed by atoms with van der Waals surface area (Å²) in [5.41, 5.74) is 3.65. The second kappa shape index (κ2) is 3.22. The molecule has 0 aromatic carbocycles. The molecule has 0 spiro atoms. The lowest BCUT2D eigenvalue weighted by atomic mass is 9.97. The zero-order chi connectivity index (χ0) is 8.32. The molecule has 0 amide bonds. The van der Waals surface area contributed by atoms with Crippen LogP contribution in [0.3, 0.4) is 0 Å². The van der Waals surface area contributed by atoms with Gasteiger partial charge in [-0.05, 0) is 5.41 Å². The SMILES string of the molecule is CC(C)(C)CNN1C=NCC1. The smallest absolute Gasteiger partial charge is 0.0993 e. The molecule has 3 nitrogen and oxygen atoms in total. The van der Waals surface area contributed by atoms with Gasteiger partial charge in [0.05, 0.1) is 19.4 Å². The van der Waals surface area contributed by atoms with Gasteiger partial charge in [0.2, 0.25) is 0 Å². The maximum Gasteiger partial charge on any atom is 0.0993 e. The van der Waals surface area contributed by atoms with E-state index in [1.54, 1.807) is 0 Å². The van der Waals surface area contributed by atoms with Gasteiger partial charge in [0, 0.05) is 6.54 Å². The minimum Gasteiger partial charge on any atom is -0.297 e. The van der Waals surface area contributed by atoms with Gasteiger partial charge in [-0.25, -0.2) is 5.43 Å². The molecular weight excluding hydrogens is 138 g/mol. The van der Waals surface area contributed by atoms with E-state index in [2.05, 4.69) is 31.2 Å². The van der Waals surface area contributed by atoms with Crippen LogP contribution in [-0.4, -0.2) is 31.0 Å². The first kappa shape index (κ1) is 8.53. The zero-order valence-electron chi connectivity index (χ0n) is 7.59. The van der Waals surface area contributed by atoms with Crippen LogP contribution in [0.25, 0.3) is 0 Å². The van der Waals surface area contributed by atoms with Crippen LogP contribution in [0.5, 0.6) is 0 Å². The molecule has 0 saturated carbocycles. The molecule has 1 heterocycles. The Morgan fingerprint density at radius 3 is 2.73 bits per heavy atom. The number of hydrazine groups is 1. The first-order chi connectivity index (χ1) is 5.08. The third kappa shape index (κ3) is 3.37. The molecule has 1 aliphatic rings. The number of aliphatic imine (C=N–C) groups is 1. The van der Waals surface area contributed by atoms with E-state index in [-0.39, 0.29) is 0 Å². The molecule has 1 N–H and O–H groups in total. The average Bonchev–Trinajstić information content (AvgIpc) is 2.32. The maximum absolute atomic E-state index is 4.10. The van der Waals surface area contributed by atoms with E-state index in [1.165, 1.54) is 0 Å². The van der Waals surface area contributed by atoms with E-state index in [4.69, 9.17) is 0 Å². The highest BCUT2D eigenvalue weighted by Gasteiger charge is 2.12. The van der Waals surface area contributed by atoms with Crippen molar-refractivity contribution in [1.29, 1.82) is 0 Å². The van der Waals surface area contributed by atoms with Gasteiger partial charge in [0.1, 0.15) is 0 Å². The molecule has 11 heavy (non-hydrogen) atoms. The van der Waals surface area contributed by atoms with Gasteiger partial charge in [-0.15, -0.1) is 0 Å². The van der Waals surface area contributed by atoms with E-state index in [0.29, 0.717) is 5.41 Å². The fourth-order valence-corrected chi connectivity index (χ4v) is 0.838. The average molecular weight is 155 g/mol. The summed E-state index contributed by atoms with van der Waals surface area (Å²) in [4.78, 5) is 4.10. The molecule has 0 fully saturated rings. The summed E-state index contributed by atoms with van der Waals surface area (Å²) in [5.74, 6) is 0. The fraction of sp³-hybridized carbons (Fsp3) is 0.875. The molecule has 1 rings (SSSR count). The first-order valence-electron chi connectivity index (χ1n) is 4.08. The minimum absolute atomic E-state index is 0.344. The van der Waals surface area contributed by atoms with Gasteiger partial charge < -0.3 is 0 Å². The second-order valence-corrected chi connectivity index (χ2v) is 4.11. The van der Waals surface area contributed by atoms with Crippen molar-refractivity contribution in [3.63, 3.8) is 0 Å². The van der Waals surface area contributed by atoms with Gasteiger partial charge in [-0.3, -0.25) is 10.0 Å². The highest BCUT2D eigenvalue weighted by Crippen LogP contribution is 2.10. The topological polar surface area (TPSA) is 27.6 Å². The quantitative estimate of drug-likeness (QED) is 0.641. The summed E-state index contributed by atoms with van der Waals surface area (Å²) in [6.07, 6.45) is 1.87. The van der Waals surface area contributed by atoms with E-state index in [9.17, 15) is 0 Å². The molecule has 0 aliphatic carbocycles. The zero-order valence-corrected chi connectivity index (χ0v) is 7.59. The van der Waals surface area contributed by atoms with Gasteiger partial charge in [-0.2, -0.15) is 0 Å². The van der Waals surface area contributed by atoms with Crippen molar-refractivity contribution >= 4 is 6.34 Å². The van der Waals surface area contributed by atoms with Crippen LogP contribution in [0.4, 0.5) is 0 Å². The molecule has 0 atom stereocenters. The fourth-order valence-electron chi connectivity index (χ4n) is 0.838. The largest absolute Gasteiger partial charge is 0.297 e. The number of hydrogen-bond acceptors (Lipinski definition) is 3. The molecule has 0 aromatic rings. The molecule has 1 aliphatic heterocycles. The van der Waals surface area contributed by atoms with Crippen LogP contribution in [0.2, 0.25) is 0 Å². The lowest BCUT2D eigenvalue weighted by Gasteiger charge is -2.23. The Labute approximate surface area is 68.5 Å². The Morgan fingerprint density at radius 1 is 1.55 bits per heavy atom. The second-order valence-electron chi connectivity index (χ2n) is 4.11. The molecule has 0 bridgehead atoms. The Kier molecular flexibility index (Phi) is 2.49. The van der Waals surface area contributed by atoms with Crippen molar-refractivity contribution in [2.45, 2.75) is 20.8 Å². The minimum atomic E-state index is 0.344. The Hall–Kier alpha value is -0.570. The normalized spacial score (nSPS) is 17.9. The van der Waals surface area contributed by atoms with Crippen LogP contribution in [-0.2, 0) is 0 Å². The third-order valence-electron chi connectivity index (χ3n) is 1.50. The highest BCUT2D eigenvalue weighted by atomic mass is 15.5. The first-order valence-corrected chi connectivity index (χ1v) is 4.08. The maximum atomic E-state index is 4.10. The van der Waals surface area contributed by atoms with E-state index < -0.39 is 0 Å². The van der Waals surface area contributed by atoms with Crippen molar-refractivity contribution in [3.05, 3.63) is 0 Å². The van der Waals surface area contributed by atoms with Gasteiger partial charge in [0.15, 0.2) is 0 Å². The number of nitrogens with one attached hydrogen (secondary N) is 1. The number of hydrogen-bond donors (Lipinski definition) is 1. The van der Waals surface area contributed by atoms with E-state index in [0.717, 1.165) is 19.6 Å². The highest BCUT2D eigenvalue weighted by molar-refractivity contribution is 5.56. The summed E-state index contributed by atoms with van der Waals surface area (Å²) in [6, 6.07) is 0. The molecule has 3 heteroatoms. The van der Waals surface area contributed by atoms with Crippen LogP contribution in [0, 0.1) is 5.41 Å². The van der Waals surface area contributed by atoms with Crippen molar-refractivity contribution in [1.82, 2.24) is 10.4 Å². The molecule has 0 aromatic heterocycles. The van der Waals surface area contributed by atoms with Crippen LogP contribution >= 0.6 is 0 Å². The van der Waals surface area contributed by atoms with Crippen LogP contribution < -0.4 is 5.43 Å². The van der Waals surface area contributed by atoms with Gasteiger partial charge >= 0.3 is 0 Å². The lowest BCUT2D eigenvalue weighted by Crippen LogP contribution is -2.40. The summed E-state index contributed by atoms with van der Waals surface area (Å²) in [7, 11) is 0. The predicted octanol–water partition coefficient (Wildman–Crippen LogP) is 0.881. The molecule has 64 valence electrons. The Balaban J connectivity index is 2.17. The monoisotopic (exact) mass is 155 g/mol. The summed E-state index contributed by atoms with van der Waals surface area (Å²) >= 11 is 0. The van der Waals surface area contributed by atoms with Crippen LogP contribution in [0.1, 0.15) is 20.8 Å². The summed E-state index contributed by atoms with van der Waals surface area (Å²) < 4.78 is 0. The van der Waals surface area contributed by atoms with Crippen molar-refractivity contribution in [2.75, 3.05) is 19.6 Å². The molecule has 0 radical (unpaired) electrons. The standard InChI is InChI=1S/C8H17N3/c1-8(2,3)6-10-11-5-4-9-7-11/h7,10H,4-6H2,1-3H3. The number of nitrogens with zero attached hydrogens (tertiary/aromatic N) is 2. The Morgan fingerprint density at radius 2 is 2.27 bits per heavy atom. The summed E-state index contributed by atoms with van der Waals surface area (Å²) in [5, 5.41) is 2.05. The number of rotatable bonds is 2. The van der Waals surface area contributed by atoms with Crippen molar-refractivity contribution in [2.24, 2.45) is 10.4 Å². The van der Waals surface area contributed by atoms with E-state index in [1.807, 2.05) is 11.3 Å².